The van der Waals surface area contributed by atoms with Crippen molar-refractivity contribution in [1.82, 2.24) is 9.55 Å². The van der Waals surface area contributed by atoms with Crippen LogP contribution in [0.15, 0.2) is 42.5 Å². The molecule has 0 fully saturated rings. The molecular weight excluding hydrogens is 297 g/mol. The number of H-pyrrole nitrogens is 1. The molecule has 0 aliphatic rings. The first-order valence-corrected chi connectivity index (χ1v) is 6.67. The van der Waals surface area contributed by atoms with Crippen LogP contribution in [0.25, 0.3) is 16.7 Å². The molecule has 2 nitrogen and oxygen atoms in total. The molecule has 0 unspecified atom stereocenters. The van der Waals surface area contributed by atoms with Crippen LogP contribution in [0.5, 0.6) is 0 Å². The summed E-state index contributed by atoms with van der Waals surface area (Å²) in [5.74, 6) is 0. The van der Waals surface area contributed by atoms with Gasteiger partial charge < -0.3 is 4.98 Å². The lowest BCUT2D eigenvalue weighted by Gasteiger charge is -2.09. The first-order valence-electron chi connectivity index (χ1n) is 6.26. The average Bonchev–Trinajstić information content (AvgIpc) is 2.76. The van der Waals surface area contributed by atoms with Gasteiger partial charge in [0, 0.05) is 5.69 Å². The first kappa shape index (κ1) is 13.9. The predicted molar refractivity (Wildman–Crippen MR) is 78.2 cm³/mol. The van der Waals surface area contributed by atoms with E-state index in [1.807, 2.05) is 25.1 Å². The van der Waals surface area contributed by atoms with Crippen molar-refractivity contribution < 1.29 is 13.2 Å². The monoisotopic (exact) mass is 308 g/mol. The van der Waals surface area contributed by atoms with Gasteiger partial charge in [-0.15, -0.1) is 0 Å². The van der Waals surface area contributed by atoms with Crippen molar-refractivity contribution in [3.05, 3.63) is 58.4 Å². The van der Waals surface area contributed by atoms with Crippen LogP contribution in [0, 0.1) is 11.7 Å². The van der Waals surface area contributed by atoms with Crippen LogP contribution in [-0.4, -0.2) is 9.55 Å². The molecule has 0 amide bonds. The van der Waals surface area contributed by atoms with Gasteiger partial charge in [0.05, 0.1) is 16.6 Å². The fourth-order valence-electron chi connectivity index (χ4n) is 2.33. The second-order valence-electron chi connectivity index (χ2n) is 4.78. The molecule has 108 valence electrons. The standard InChI is InChI=1S/C15H11F3N2S/c1-9-3-2-4-12-13(9)19-14(21)20(12)11-7-5-10(6-8-11)15(16,17)18/h2-8H,1H3,(H,19,21). The lowest BCUT2D eigenvalue weighted by Crippen LogP contribution is -2.05. The Labute approximate surface area is 123 Å². The van der Waals surface area contributed by atoms with Crippen LogP contribution in [-0.2, 0) is 6.18 Å². The van der Waals surface area contributed by atoms with E-state index in [9.17, 15) is 13.2 Å². The van der Waals surface area contributed by atoms with Gasteiger partial charge in [-0.2, -0.15) is 13.2 Å². The Morgan fingerprint density at radius 2 is 1.71 bits per heavy atom. The summed E-state index contributed by atoms with van der Waals surface area (Å²) in [6, 6.07) is 10.7. The van der Waals surface area contributed by atoms with Gasteiger partial charge in [-0.05, 0) is 55.0 Å². The number of hydrogen-bond acceptors (Lipinski definition) is 1. The van der Waals surface area contributed by atoms with Crippen molar-refractivity contribution in [2.24, 2.45) is 0 Å². The molecule has 0 bridgehead atoms. The van der Waals surface area contributed by atoms with Crippen LogP contribution < -0.4 is 0 Å². The third-order valence-electron chi connectivity index (χ3n) is 3.38. The fourth-order valence-corrected chi connectivity index (χ4v) is 2.64. The van der Waals surface area contributed by atoms with Gasteiger partial charge in [-0.25, -0.2) is 0 Å². The number of hydrogen-bond donors (Lipinski definition) is 1. The largest absolute Gasteiger partial charge is 0.416 e. The second-order valence-corrected chi connectivity index (χ2v) is 5.17. The Morgan fingerprint density at radius 3 is 2.33 bits per heavy atom. The van der Waals surface area contributed by atoms with Crippen LogP contribution in [0.4, 0.5) is 13.2 Å². The van der Waals surface area contributed by atoms with E-state index in [1.54, 1.807) is 4.57 Å². The number of nitrogens with zero attached hydrogens (tertiary/aromatic N) is 1. The summed E-state index contributed by atoms with van der Waals surface area (Å²) in [6.45, 7) is 1.95. The van der Waals surface area contributed by atoms with Crippen molar-refractivity contribution in [1.29, 1.82) is 0 Å². The Balaban J connectivity index is 2.19. The molecule has 0 aliphatic carbocycles. The summed E-state index contributed by atoms with van der Waals surface area (Å²) in [5, 5.41) is 0. The maximum Gasteiger partial charge on any atom is 0.416 e. The number of nitrogens with one attached hydrogen (secondary N) is 1. The van der Waals surface area contributed by atoms with E-state index in [2.05, 4.69) is 4.98 Å². The third kappa shape index (κ3) is 2.35. The molecule has 3 rings (SSSR count). The van der Waals surface area contributed by atoms with Gasteiger partial charge >= 0.3 is 6.18 Å². The van der Waals surface area contributed by atoms with E-state index in [0.717, 1.165) is 28.7 Å². The highest BCUT2D eigenvalue weighted by Gasteiger charge is 2.30. The van der Waals surface area contributed by atoms with Crippen molar-refractivity contribution in [2.75, 3.05) is 0 Å². The van der Waals surface area contributed by atoms with E-state index < -0.39 is 11.7 Å². The number of fused-ring (bicyclic) bond motifs is 1. The number of halogens is 3. The average molecular weight is 308 g/mol. The van der Waals surface area contributed by atoms with Gasteiger partial charge in [0.1, 0.15) is 0 Å². The van der Waals surface area contributed by atoms with Crippen molar-refractivity contribution in [3.63, 3.8) is 0 Å². The van der Waals surface area contributed by atoms with Crippen LogP contribution in [0.2, 0.25) is 0 Å². The minimum Gasteiger partial charge on any atom is -0.330 e. The summed E-state index contributed by atoms with van der Waals surface area (Å²) in [5.41, 5.74) is 2.70. The number of para-hydroxylation sites is 1. The number of aromatic nitrogens is 2. The van der Waals surface area contributed by atoms with Crippen molar-refractivity contribution in [2.45, 2.75) is 13.1 Å². The molecule has 0 atom stereocenters. The Hall–Kier alpha value is -2.08. The fraction of sp³-hybridized carbons (Fsp3) is 0.133. The Morgan fingerprint density at radius 1 is 1.05 bits per heavy atom. The van der Waals surface area contributed by atoms with Crippen LogP contribution in [0.3, 0.4) is 0 Å². The highest BCUT2D eigenvalue weighted by molar-refractivity contribution is 7.71. The topological polar surface area (TPSA) is 20.7 Å². The normalized spacial score (nSPS) is 12.0. The number of alkyl halides is 3. The molecule has 6 heteroatoms. The van der Waals surface area contributed by atoms with Gasteiger partial charge in [-0.3, -0.25) is 4.57 Å². The first-order chi connectivity index (χ1) is 9.88. The molecule has 0 saturated carbocycles. The zero-order valence-electron chi connectivity index (χ0n) is 11.0. The number of aryl methyl sites for hydroxylation is 1. The van der Waals surface area contributed by atoms with E-state index >= 15 is 0 Å². The van der Waals surface area contributed by atoms with Crippen molar-refractivity contribution >= 4 is 23.3 Å². The predicted octanol–water partition coefficient (Wildman–Crippen LogP) is 5.02. The summed E-state index contributed by atoms with van der Waals surface area (Å²) in [4.78, 5) is 3.09. The maximum atomic E-state index is 12.6. The lowest BCUT2D eigenvalue weighted by atomic mass is 10.2. The van der Waals surface area contributed by atoms with E-state index in [-0.39, 0.29) is 0 Å². The molecule has 0 spiro atoms. The molecule has 1 N–H and O–H groups in total. The molecule has 21 heavy (non-hydrogen) atoms. The quantitative estimate of drug-likeness (QED) is 0.626. The minimum absolute atomic E-state index is 0.457. The van der Waals surface area contributed by atoms with Crippen LogP contribution in [0.1, 0.15) is 11.1 Å². The SMILES string of the molecule is Cc1cccc2c1[nH]c(=S)n2-c1ccc(C(F)(F)F)cc1. The van der Waals surface area contributed by atoms with Gasteiger partial charge in [-0.1, -0.05) is 12.1 Å². The molecule has 1 heterocycles. The molecular formula is C15H11F3N2S. The summed E-state index contributed by atoms with van der Waals surface area (Å²) in [7, 11) is 0. The van der Waals surface area contributed by atoms with E-state index in [4.69, 9.17) is 12.2 Å². The molecule has 0 aliphatic heterocycles. The van der Waals surface area contributed by atoms with Crippen molar-refractivity contribution in [3.8, 4) is 5.69 Å². The molecule has 0 radical (unpaired) electrons. The number of aromatic amines is 1. The Kier molecular flexibility index (Phi) is 3.13. The molecule has 3 aromatic rings. The number of imidazole rings is 1. The molecule has 1 aromatic heterocycles. The second kappa shape index (κ2) is 4.73. The Bertz CT molecular complexity index is 857. The number of benzene rings is 2. The van der Waals surface area contributed by atoms with Gasteiger partial charge in [0.2, 0.25) is 0 Å². The highest BCUT2D eigenvalue weighted by atomic mass is 32.1. The summed E-state index contributed by atoms with van der Waals surface area (Å²) in [6.07, 6.45) is -4.34. The highest BCUT2D eigenvalue weighted by Crippen LogP contribution is 2.30. The zero-order chi connectivity index (χ0) is 15.2. The third-order valence-corrected chi connectivity index (χ3v) is 3.66. The molecule has 2 aromatic carbocycles. The summed E-state index contributed by atoms with van der Waals surface area (Å²) >= 11 is 5.29. The lowest BCUT2D eigenvalue weighted by molar-refractivity contribution is -0.137. The van der Waals surface area contributed by atoms with Gasteiger partial charge in [0.25, 0.3) is 0 Å². The van der Waals surface area contributed by atoms with Crippen LogP contribution >= 0.6 is 12.2 Å². The smallest absolute Gasteiger partial charge is 0.330 e. The zero-order valence-corrected chi connectivity index (χ0v) is 11.8. The molecule has 0 saturated heterocycles. The van der Waals surface area contributed by atoms with E-state index in [0.29, 0.717) is 10.5 Å². The summed E-state index contributed by atoms with van der Waals surface area (Å²) < 4.78 is 40.0. The number of rotatable bonds is 1. The van der Waals surface area contributed by atoms with E-state index in [1.165, 1.54) is 12.1 Å². The van der Waals surface area contributed by atoms with Gasteiger partial charge in [0.15, 0.2) is 4.77 Å². The maximum absolute atomic E-state index is 12.6. The minimum atomic E-state index is -4.34.